The first-order valence-electron chi connectivity index (χ1n) is 8.28. The molecule has 0 aliphatic carbocycles. The van der Waals surface area contributed by atoms with Crippen LogP contribution in [0.3, 0.4) is 0 Å². The smallest absolute Gasteiger partial charge is 0.257 e. The number of nitrogens with zero attached hydrogens (tertiary/aromatic N) is 2. The van der Waals surface area contributed by atoms with Gasteiger partial charge in [0.15, 0.2) is 5.76 Å². The summed E-state index contributed by atoms with van der Waals surface area (Å²) >= 11 is 14.0. The van der Waals surface area contributed by atoms with Crippen LogP contribution in [0.4, 0.5) is 11.5 Å². The second-order valence-electron chi connectivity index (χ2n) is 5.76. The lowest BCUT2D eigenvalue weighted by molar-refractivity contribution is 0.102. The van der Waals surface area contributed by atoms with Crippen molar-refractivity contribution in [2.75, 3.05) is 21.9 Å². The van der Waals surface area contributed by atoms with Crippen LogP contribution in [-0.2, 0) is 0 Å². The minimum atomic E-state index is -0.396. The van der Waals surface area contributed by atoms with E-state index in [-0.39, 0.29) is 10.8 Å². The van der Waals surface area contributed by atoms with Crippen molar-refractivity contribution in [3.05, 3.63) is 58.0 Å². The highest BCUT2D eigenvalue weighted by Gasteiger charge is 2.19. The number of ether oxygens (including phenoxy) is 1. The number of hydrogen-bond acceptors (Lipinski definition) is 7. The number of carbonyl (C=O) groups excluding carboxylic acids is 1. The van der Waals surface area contributed by atoms with E-state index in [1.165, 1.54) is 6.20 Å². The normalized spacial score (nSPS) is 14.1. The lowest BCUT2D eigenvalue weighted by atomic mass is 10.2. The molecule has 7 nitrogen and oxygen atoms in total. The van der Waals surface area contributed by atoms with E-state index in [1.807, 2.05) is 4.31 Å². The van der Waals surface area contributed by atoms with Crippen molar-refractivity contribution in [2.24, 2.45) is 5.73 Å². The van der Waals surface area contributed by atoms with Gasteiger partial charge in [0.2, 0.25) is 0 Å². The molecule has 0 spiro atoms. The van der Waals surface area contributed by atoms with Crippen molar-refractivity contribution in [3.8, 4) is 5.75 Å². The summed E-state index contributed by atoms with van der Waals surface area (Å²) in [4.78, 5) is 17.1. The molecule has 146 valence electrons. The van der Waals surface area contributed by atoms with Gasteiger partial charge >= 0.3 is 0 Å². The zero-order valence-corrected chi connectivity index (χ0v) is 16.9. The predicted octanol–water partition coefficient (Wildman–Crippen LogP) is 4.33. The molecule has 3 rings (SSSR count). The highest BCUT2D eigenvalue weighted by atomic mass is 35.5. The van der Waals surface area contributed by atoms with Gasteiger partial charge in [-0.1, -0.05) is 23.2 Å². The molecule has 28 heavy (non-hydrogen) atoms. The maximum Gasteiger partial charge on any atom is 0.257 e. The van der Waals surface area contributed by atoms with E-state index in [0.29, 0.717) is 27.8 Å². The number of halogens is 2. The highest BCUT2D eigenvalue weighted by Crippen LogP contribution is 2.30. The van der Waals surface area contributed by atoms with Crippen molar-refractivity contribution < 1.29 is 9.53 Å². The van der Waals surface area contributed by atoms with Crippen LogP contribution in [-0.4, -0.2) is 29.4 Å². The molecule has 0 atom stereocenters. The molecule has 0 bridgehead atoms. The van der Waals surface area contributed by atoms with Gasteiger partial charge in [0, 0.05) is 41.5 Å². The second-order valence-corrected chi connectivity index (χ2v) is 7.71. The summed E-state index contributed by atoms with van der Waals surface area (Å²) in [6.07, 6.45) is 4.66. The number of allylic oxidation sites excluding steroid dienone is 1. The zero-order valence-electron chi connectivity index (χ0n) is 14.6. The lowest BCUT2D eigenvalue weighted by Crippen LogP contribution is -2.16. The molecule has 2 heterocycles. The summed E-state index contributed by atoms with van der Waals surface area (Å²) in [5.74, 6) is 1.79. The average Bonchev–Trinajstić information content (AvgIpc) is 3.20. The number of nitrogens with one attached hydrogen (secondary N) is 2. The fraction of sp³-hybridized carbons (Fsp3) is 0.167. The third-order valence-electron chi connectivity index (χ3n) is 3.77. The predicted molar refractivity (Wildman–Crippen MR) is 115 cm³/mol. The highest BCUT2D eigenvalue weighted by molar-refractivity contribution is 8.00. The van der Waals surface area contributed by atoms with E-state index >= 15 is 0 Å². The standard InChI is InChI=1S/C18H17Cl2N5O2S/c19-11-4-12(6-13(5-11)27-14(8-21)9-22)24-18(26)15-7-17(23-10-16(15)20)25-2-1-3-28-25/h4-10,21H,1-3,22H2,(H,24,26)/b14-9+,21-8?. The first-order valence-corrected chi connectivity index (χ1v) is 9.98. The first-order chi connectivity index (χ1) is 13.5. The topological polar surface area (TPSA) is 104 Å². The van der Waals surface area contributed by atoms with Gasteiger partial charge < -0.3 is 25.5 Å². The molecule has 4 N–H and O–H groups in total. The van der Waals surface area contributed by atoms with E-state index in [1.54, 1.807) is 36.2 Å². The molecule has 10 heteroatoms. The molecule has 1 amide bonds. The van der Waals surface area contributed by atoms with Crippen LogP contribution in [0.15, 0.2) is 42.4 Å². The molecule has 1 saturated heterocycles. The molecule has 1 aromatic heterocycles. The van der Waals surface area contributed by atoms with Crippen molar-refractivity contribution in [3.63, 3.8) is 0 Å². The summed E-state index contributed by atoms with van der Waals surface area (Å²) in [7, 11) is 0. The minimum absolute atomic E-state index is 0.143. The van der Waals surface area contributed by atoms with Crippen molar-refractivity contribution in [1.29, 1.82) is 5.41 Å². The van der Waals surface area contributed by atoms with Crippen LogP contribution >= 0.6 is 35.1 Å². The number of aromatic nitrogens is 1. The van der Waals surface area contributed by atoms with Crippen LogP contribution in [0.5, 0.6) is 5.75 Å². The molecule has 1 aliphatic heterocycles. The largest absolute Gasteiger partial charge is 0.454 e. The Bertz CT molecular complexity index is 932. The number of hydrogen-bond donors (Lipinski definition) is 3. The third-order valence-corrected chi connectivity index (χ3v) is 5.44. The van der Waals surface area contributed by atoms with Crippen molar-refractivity contribution >= 4 is 58.8 Å². The maximum atomic E-state index is 12.8. The second kappa shape index (κ2) is 9.18. The number of nitrogens with two attached hydrogens (primary N) is 1. The Hall–Kier alpha value is -2.42. The number of rotatable bonds is 6. The minimum Gasteiger partial charge on any atom is -0.454 e. The third kappa shape index (κ3) is 4.89. The molecule has 2 aromatic rings. The quantitative estimate of drug-likeness (QED) is 0.352. The van der Waals surface area contributed by atoms with Gasteiger partial charge in [0.05, 0.1) is 16.8 Å². The van der Waals surface area contributed by atoms with E-state index in [4.69, 9.17) is 39.1 Å². The molecule has 1 fully saturated rings. The van der Waals surface area contributed by atoms with Gasteiger partial charge in [-0.15, -0.1) is 0 Å². The van der Waals surface area contributed by atoms with Crippen LogP contribution in [0.25, 0.3) is 0 Å². The zero-order chi connectivity index (χ0) is 20.1. The lowest BCUT2D eigenvalue weighted by Gasteiger charge is -2.16. The maximum absolute atomic E-state index is 12.8. The number of carbonyl (C=O) groups is 1. The summed E-state index contributed by atoms with van der Waals surface area (Å²) < 4.78 is 7.48. The van der Waals surface area contributed by atoms with Crippen molar-refractivity contribution in [1.82, 2.24) is 4.98 Å². The molecule has 1 aromatic carbocycles. The Balaban J connectivity index is 1.82. The average molecular weight is 438 g/mol. The Morgan fingerprint density at radius 3 is 2.86 bits per heavy atom. The molecular weight excluding hydrogens is 421 g/mol. The summed E-state index contributed by atoms with van der Waals surface area (Å²) in [6, 6.07) is 6.37. The van der Waals surface area contributed by atoms with Gasteiger partial charge in [-0.25, -0.2) is 4.98 Å². The molecule has 0 radical (unpaired) electrons. The van der Waals surface area contributed by atoms with Gasteiger partial charge in [0.25, 0.3) is 5.91 Å². The van der Waals surface area contributed by atoms with E-state index in [2.05, 4.69) is 10.3 Å². The number of amides is 1. The van der Waals surface area contributed by atoms with Crippen molar-refractivity contribution in [2.45, 2.75) is 6.42 Å². The molecule has 0 unspecified atom stereocenters. The van der Waals surface area contributed by atoms with Crippen LogP contribution in [0.2, 0.25) is 10.0 Å². The summed E-state index contributed by atoms with van der Waals surface area (Å²) in [5, 5.41) is 10.6. The van der Waals surface area contributed by atoms with Crippen LogP contribution in [0, 0.1) is 5.41 Å². The monoisotopic (exact) mass is 437 g/mol. The Labute approximate surface area is 176 Å². The number of pyridine rings is 1. The van der Waals surface area contributed by atoms with Gasteiger partial charge in [0.1, 0.15) is 11.6 Å². The van der Waals surface area contributed by atoms with Gasteiger partial charge in [-0.2, -0.15) is 0 Å². The van der Waals surface area contributed by atoms with Gasteiger partial charge in [-0.05, 0) is 36.6 Å². The fourth-order valence-electron chi connectivity index (χ4n) is 2.51. The number of anilines is 2. The van der Waals surface area contributed by atoms with Gasteiger partial charge in [-0.3, -0.25) is 4.79 Å². The van der Waals surface area contributed by atoms with E-state index in [9.17, 15) is 4.79 Å². The van der Waals surface area contributed by atoms with Crippen LogP contribution < -0.4 is 20.1 Å². The molecular formula is C18H17Cl2N5O2S. The Morgan fingerprint density at radius 2 is 2.18 bits per heavy atom. The summed E-state index contributed by atoms with van der Waals surface area (Å²) in [5.41, 5.74) is 6.10. The Morgan fingerprint density at radius 1 is 1.36 bits per heavy atom. The van der Waals surface area contributed by atoms with E-state index < -0.39 is 5.91 Å². The molecule has 0 saturated carbocycles. The molecule has 1 aliphatic rings. The number of benzene rings is 1. The van der Waals surface area contributed by atoms with Crippen LogP contribution in [0.1, 0.15) is 16.8 Å². The first kappa shape index (κ1) is 20.3. The summed E-state index contributed by atoms with van der Waals surface area (Å²) in [6.45, 7) is 0.874. The SMILES string of the molecule is N=C/C(=C\N)Oc1cc(Cl)cc(NC(=O)c2cc(N3CCCS3)ncc2Cl)c1. The van der Waals surface area contributed by atoms with E-state index in [0.717, 1.165) is 31.1 Å². The Kier molecular flexibility index (Phi) is 6.66. The fourth-order valence-corrected chi connectivity index (χ4v) is 3.89.